The van der Waals surface area contributed by atoms with Crippen LogP contribution in [0.15, 0.2) is 46.4 Å². The van der Waals surface area contributed by atoms with Gasteiger partial charge in [-0.2, -0.15) is 9.41 Å². The van der Waals surface area contributed by atoms with Crippen molar-refractivity contribution in [3.05, 3.63) is 42.0 Å². The van der Waals surface area contributed by atoms with Gasteiger partial charge in [-0.05, 0) is 48.6 Å². The second-order valence-corrected chi connectivity index (χ2v) is 8.58. The second-order valence-electron chi connectivity index (χ2n) is 6.24. The topological polar surface area (TPSA) is 164 Å². The molecule has 6 N–H and O–H groups in total. The zero-order valence-electron chi connectivity index (χ0n) is 17.1. The molecule has 2 aromatic carbocycles. The van der Waals surface area contributed by atoms with E-state index in [1.54, 1.807) is 12.1 Å². The number of hydrogen-bond donors (Lipinski definition) is 6. The van der Waals surface area contributed by atoms with Gasteiger partial charge in [0.25, 0.3) is 0 Å². The van der Waals surface area contributed by atoms with Crippen LogP contribution in [0.4, 0.5) is 5.69 Å². The molecule has 0 amide bonds. The smallest absolute Gasteiger partial charge is 0.243 e. The Kier molecular flexibility index (Phi) is 9.16. The molecule has 0 aliphatic carbocycles. The lowest BCUT2D eigenvalue weighted by Gasteiger charge is -2.26. The molecular formula is C19H24N4O7S2. The predicted molar refractivity (Wildman–Crippen MR) is 123 cm³/mol. The molecule has 32 heavy (non-hydrogen) atoms. The molecule has 1 fully saturated rings. The van der Waals surface area contributed by atoms with Crippen molar-refractivity contribution in [1.29, 1.82) is 0 Å². The Hall–Kier alpha value is -2.97. The zero-order valence-corrected chi connectivity index (χ0v) is 18.7. The number of ether oxygens (including phenoxy) is 1. The first-order valence-corrected chi connectivity index (χ1v) is 11.1. The number of aromatic hydroxyl groups is 3. The van der Waals surface area contributed by atoms with Crippen LogP contribution in [-0.4, -0.2) is 77.9 Å². The van der Waals surface area contributed by atoms with Crippen LogP contribution in [0.3, 0.4) is 0 Å². The minimum atomic E-state index is -3.57. The monoisotopic (exact) mass is 484 g/mol. The Morgan fingerprint density at radius 2 is 1.69 bits per heavy atom. The highest BCUT2D eigenvalue weighted by atomic mass is 32.2. The highest BCUT2D eigenvalue weighted by Gasteiger charge is 2.26. The molecule has 174 valence electrons. The second kappa shape index (κ2) is 11.6. The van der Waals surface area contributed by atoms with Crippen LogP contribution < -0.4 is 10.7 Å². The summed E-state index contributed by atoms with van der Waals surface area (Å²) in [5, 5.41) is 42.3. The van der Waals surface area contributed by atoms with Gasteiger partial charge in [0.1, 0.15) is 0 Å². The molecule has 2 aromatic rings. The van der Waals surface area contributed by atoms with E-state index < -0.39 is 27.3 Å². The van der Waals surface area contributed by atoms with Crippen LogP contribution in [0.25, 0.3) is 0 Å². The van der Waals surface area contributed by atoms with Crippen LogP contribution in [0.5, 0.6) is 17.2 Å². The number of rotatable bonds is 5. The Morgan fingerprint density at radius 1 is 1.06 bits per heavy atom. The molecule has 0 bridgehead atoms. The molecule has 1 aliphatic rings. The summed E-state index contributed by atoms with van der Waals surface area (Å²) < 4.78 is 31.8. The number of benzene rings is 2. The van der Waals surface area contributed by atoms with Crippen molar-refractivity contribution in [2.75, 3.05) is 38.7 Å². The summed E-state index contributed by atoms with van der Waals surface area (Å²) in [6, 6.07) is 8.69. The molecule has 0 saturated carbocycles. The lowest BCUT2D eigenvalue weighted by molar-refractivity contribution is 0.0730. The summed E-state index contributed by atoms with van der Waals surface area (Å²) in [6.45, 7) is 1.40. The average Bonchev–Trinajstić information content (AvgIpc) is 2.81. The summed E-state index contributed by atoms with van der Waals surface area (Å²) in [6.07, 6.45) is 1.21. The number of hydrogen-bond acceptors (Lipinski definition) is 9. The van der Waals surface area contributed by atoms with Crippen LogP contribution in [0, 0.1) is 0 Å². The maximum atomic E-state index is 12.6. The van der Waals surface area contributed by atoms with Gasteiger partial charge in [-0.1, -0.05) is 0 Å². The Morgan fingerprint density at radius 3 is 2.31 bits per heavy atom. The summed E-state index contributed by atoms with van der Waals surface area (Å²) in [5.74, 6) is -1.61. The fraction of sp³-hybridized carbons (Fsp3) is 0.263. The lowest BCUT2D eigenvalue weighted by atomic mass is 10.2. The van der Waals surface area contributed by atoms with Crippen molar-refractivity contribution in [2.24, 2.45) is 5.10 Å². The van der Waals surface area contributed by atoms with E-state index in [0.29, 0.717) is 32.0 Å². The molecular weight excluding hydrogens is 460 g/mol. The van der Waals surface area contributed by atoms with E-state index in [1.165, 1.54) is 34.8 Å². The van der Waals surface area contributed by atoms with Gasteiger partial charge in [0.05, 0.1) is 24.3 Å². The standard InChI is InChI=1S/C18H20N4O6S2.CH4O/c23-15-6-1-12(16(24)17(15)25)11-19-21-18(29)20-13-2-4-14(5-3-13)30(26,27)22-7-9-28-10-8-22;1-2/h1-6,11,23-25H,7-10H2,(H2,20,21,29);2H,1H3/b19-11+;. The lowest BCUT2D eigenvalue weighted by Crippen LogP contribution is -2.40. The summed E-state index contributed by atoms with van der Waals surface area (Å²) >= 11 is 5.11. The summed E-state index contributed by atoms with van der Waals surface area (Å²) in [7, 11) is -2.57. The Bertz CT molecular complexity index is 1050. The van der Waals surface area contributed by atoms with Crippen molar-refractivity contribution in [3.8, 4) is 17.2 Å². The maximum Gasteiger partial charge on any atom is 0.243 e. The van der Waals surface area contributed by atoms with Gasteiger partial charge in [0.15, 0.2) is 16.6 Å². The molecule has 0 atom stereocenters. The summed E-state index contributed by atoms with van der Waals surface area (Å²) in [4.78, 5) is 0.175. The highest BCUT2D eigenvalue weighted by molar-refractivity contribution is 7.89. The van der Waals surface area contributed by atoms with Crippen molar-refractivity contribution in [3.63, 3.8) is 0 Å². The number of nitrogens with one attached hydrogen (secondary N) is 2. The van der Waals surface area contributed by atoms with E-state index in [0.717, 1.165) is 7.11 Å². The Labute approximate surface area is 190 Å². The number of phenols is 3. The van der Waals surface area contributed by atoms with Crippen LogP contribution >= 0.6 is 12.2 Å². The van der Waals surface area contributed by atoms with Gasteiger partial charge < -0.3 is 30.5 Å². The minimum Gasteiger partial charge on any atom is -0.504 e. The molecule has 13 heteroatoms. The van der Waals surface area contributed by atoms with Crippen LogP contribution in [-0.2, 0) is 14.8 Å². The van der Waals surface area contributed by atoms with E-state index in [9.17, 15) is 23.7 Å². The number of nitrogens with zero attached hydrogens (tertiary/aromatic N) is 2. The number of hydrazone groups is 1. The molecule has 0 aromatic heterocycles. The van der Waals surface area contributed by atoms with Gasteiger partial charge in [-0.15, -0.1) is 0 Å². The van der Waals surface area contributed by atoms with Crippen LogP contribution in [0.1, 0.15) is 5.56 Å². The van der Waals surface area contributed by atoms with Gasteiger partial charge >= 0.3 is 0 Å². The number of aliphatic hydroxyl groups is 1. The minimum absolute atomic E-state index is 0.123. The normalized spacial score (nSPS) is 14.4. The first-order valence-electron chi connectivity index (χ1n) is 9.25. The van der Waals surface area contributed by atoms with Crippen molar-refractivity contribution < 1.29 is 33.6 Å². The third kappa shape index (κ3) is 6.27. The number of anilines is 1. The van der Waals surface area contributed by atoms with Crippen LogP contribution in [0.2, 0.25) is 0 Å². The molecule has 3 rings (SSSR count). The predicted octanol–water partition coefficient (Wildman–Crippen LogP) is 0.753. The number of aliphatic hydroxyl groups excluding tert-OH is 1. The first-order chi connectivity index (χ1) is 15.3. The molecule has 1 heterocycles. The summed E-state index contributed by atoms with van der Waals surface area (Å²) in [5.41, 5.74) is 3.25. The third-order valence-corrected chi connectivity index (χ3v) is 6.36. The number of sulfonamides is 1. The number of thiocarbonyl (C=S) groups is 1. The van der Waals surface area contributed by atoms with Crippen molar-refractivity contribution in [2.45, 2.75) is 4.90 Å². The molecule has 0 spiro atoms. The van der Waals surface area contributed by atoms with Crippen molar-refractivity contribution >= 4 is 39.3 Å². The van der Waals surface area contributed by atoms with E-state index in [1.807, 2.05) is 0 Å². The fourth-order valence-corrected chi connectivity index (χ4v) is 4.23. The molecule has 0 radical (unpaired) electrons. The highest BCUT2D eigenvalue weighted by Crippen LogP contribution is 2.36. The number of morpholine rings is 1. The third-order valence-electron chi connectivity index (χ3n) is 4.25. The number of phenolic OH excluding ortho intramolecular Hbond substituents is 3. The van der Waals surface area contributed by atoms with Gasteiger partial charge in [0.2, 0.25) is 15.8 Å². The van der Waals surface area contributed by atoms with E-state index in [-0.39, 0.29) is 15.6 Å². The van der Waals surface area contributed by atoms with Gasteiger partial charge in [-0.3, -0.25) is 5.43 Å². The Balaban J connectivity index is 0.00000176. The quantitative estimate of drug-likeness (QED) is 0.154. The van der Waals surface area contributed by atoms with Gasteiger partial charge in [0, 0.05) is 31.5 Å². The van der Waals surface area contributed by atoms with E-state index in [2.05, 4.69) is 15.8 Å². The molecule has 11 nitrogen and oxygen atoms in total. The average molecular weight is 485 g/mol. The largest absolute Gasteiger partial charge is 0.504 e. The fourth-order valence-electron chi connectivity index (χ4n) is 2.65. The zero-order chi connectivity index (χ0) is 23.7. The maximum absolute atomic E-state index is 12.6. The molecule has 1 aliphatic heterocycles. The van der Waals surface area contributed by atoms with E-state index >= 15 is 0 Å². The SMILES string of the molecule is CO.O=S(=O)(c1ccc(NC(=S)N/N=C/c2ccc(O)c(O)c2O)cc1)N1CCOCC1. The van der Waals surface area contributed by atoms with Gasteiger partial charge in [-0.25, -0.2) is 8.42 Å². The first kappa shape index (κ1) is 25.3. The van der Waals surface area contributed by atoms with E-state index in [4.69, 9.17) is 22.1 Å². The molecule has 0 unspecified atom stereocenters. The molecule has 1 saturated heterocycles. The van der Waals surface area contributed by atoms with Crippen molar-refractivity contribution in [1.82, 2.24) is 9.73 Å².